The van der Waals surface area contributed by atoms with Crippen LogP contribution in [-0.4, -0.2) is 13.0 Å². The molecule has 0 N–H and O–H groups in total. The summed E-state index contributed by atoms with van der Waals surface area (Å²) in [5.74, 6) is 0.784. The van der Waals surface area contributed by atoms with Crippen molar-refractivity contribution in [1.29, 1.82) is 0 Å². The van der Waals surface area contributed by atoms with Gasteiger partial charge in [0.05, 0.1) is 6.26 Å². The standard InChI is InChI=1S/C11H6BO2/c13-9-6-8-4-3-7-2-1-5-14-11(7)10(8)12-9/h1-6H. The van der Waals surface area contributed by atoms with E-state index < -0.39 is 0 Å². The molecule has 1 radical (unpaired) electrons. The van der Waals surface area contributed by atoms with Gasteiger partial charge in [-0.05, 0) is 28.9 Å². The molecule has 14 heavy (non-hydrogen) atoms. The Bertz CT molecular complexity index is 570. The highest BCUT2D eigenvalue weighted by molar-refractivity contribution is 6.91. The quantitative estimate of drug-likeness (QED) is 0.481. The lowest BCUT2D eigenvalue weighted by Gasteiger charge is -2.08. The minimum Gasteiger partial charge on any atom is -0.465 e. The number of hydrogen-bond acceptors (Lipinski definition) is 2. The van der Waals surface area contributed by atoms with Crippen molar-refractivity contribution < 1.29 is 9.53 Å². The van der Waals surface area contributed by atoms with Crippen LogP contribution in [-0.2, 0) is 4.79 Å². The smallest absolute Gasteiger partial charge is 0.252 e. The molecule has 1 aromatic rings. The summed E-state index contributed by atoms with van der Waals surface area (Å²) in [6, 6.07) is 3.90. The van der Waals surface area contributed by atoms with E-state index in [1.807, 2.05) is 24.3 Å². The third kappa shape index (κ3) is 0.955. The van der Waals surface area contributed by atoms with E-state index in [1.54, 1.807) is 19.6 Å². The van der Waals surface area contributed by atoms with Crippen molar-refractivity contribution in [3.63, 3.8) is 0 Å². The van der Waals surface area contributed by atoms with Crippen molar-refractivity contribution in [2.75, 3.05) is 0 Å². The van der Waals surface area contributed by atoms with Crippen molar-refractivity contribution in [2.24, 2.45) is 0 Å². The molecule has 65 valence electrons. The Morgan fingerprint density at radius 1 is 1.21 bits per heavy atom. The van der Waals surface area contributed by atoms with E-state index >= 15 is 0 Å². The Morgan fingerprint density at radius 3 is 3.00 bits per heavy atom. The zero-order valence-electron chi connectivity index (χ0n) is 7.36. The number of allylic oxidation sites excluding steroid dienone is 1. The van der Waals surface area contributed by atoms with Gasteiger partial charge in [-0.25, -0.2) is 0 Å². The first-order chi connectivity index (χ1) is 6.84. The summed E-state index contributed by atoms with van der Waals surface area (Å²) in [5, 5.41) is 1.96. The second-order valence-electron chi connectivity index (χ2n) is 3.29. The number of rotatable bonds is 0. The molecule has 0 fully saturated rings. The van der Waals surface area contributed by atoms with E-state index in [2.05, 4.69) is 0 Å². The lowest BCUT2D eigenvalue weighted by molar-refractivity contribution is -0.106. The number of benzene rings is 1. The molecule has 0 amide bonds. The fourth-order valence-corrected chi connectivity index (χ4v) is 1.76. The lowest BCUT2D eigenvalue weighted by atomic mass is 9.69. The number of carbonyl (C=O) groups is 1. The Morgan fingerprint density at radius 2 is 2.07 bits per heavy atom. The number of fused-ring (bicyclic) bond motifs is 3. The summed E-state index contributed by atoms with van der Waals surface area (Å²) < 4.78 is 5.40. The second-order valence-corrected chi connectivity index (χ2v) is 3.29. The van der Waals surface area contributed by atoms with Gasteiger partial charge in [-0.15, -0.1) is 0 Å². The number of ether oxygens (including phenoxy) is 1. The summed E-state index contributed by atoms with van der Waals surface area (Å²) in [5.41, 5.74) is 0.930. The van der Waals surface area contributed by atoms with Crippen LogP contribution in [0.2, 0.25) is 0 Å². The van der Waals surface area contributed by atoms with E-state index in [4.69, 9.17) is 4.74 Å². The van der Waals surface area contributed by atoms with Crippen molar-refractivity contribution >= 4 is 30.6 Å². The van der Waals surface area contributed by atoms with Gasteiger partial charge in [0.1, 0.15) is 11.4 Å². The third-order valence-electron chi connectivity index (χ3n) is 2.38. The molecule has 3 rings (SSSR count). The molecule has 0 bridgehead atoms. The second kappa shape index (κ2) is 2.61. The minimum absolute atomic E-state index is 0.0338. The Kier molecular flexibility index (Phi) is 1.42. The van der Waals surface area contributed by atoms with Gasteiger partial charge in [-0.2, -0.15) is 0 Å². The average molecular weight is 181 g/mol. The van der Waals surface area contributed by atoms with Crippen molar-refractivity contribution in [3.05, 3.63) is 34.9 Å². The maximum Gasteiger partial charge on any atom is 0.252 e. The molecule has 2 heterocycles. The Labute approximate surface area is 81.4 Å². The predicted molar refractivity (Wildman–Crippen MR) is 54.8 cm³/mol. The average Bonchev–Trinajstić information content (AvgIpc) is 2.59. The third-order valence-corrected chi connectivity index (χ3v) is 2.38. The van der Waals surface area contributed by atoms with Gasteiger partial charge >= 0.3 is 0 Å². The van der Waals surface area contributed by atoms with Crippen molar-refractivity contribution in [3.8, 4) is 5.75 Å². The normalized spacial score (nSPS) is 15.9. The van der Waals surface area contributed by atoms with Crippen LogP contribution in [0.1, 0.15) is 0 Å². The van der Waals surface area contributed by atoms with Gasteiger partial charge in [0, 0.05) is 5.22 Å². The molecule has 3 heteroatoms. The molecule has 0 saturated heterocycles. The molecule has 0 atom stereocenters. The molecule has 0 unspecified atom stereocenters. The van der Waals surface area contributed by atoms with Gasteiger partial charge in [0.2, 0.25) is 0 Å². The molecule has 0 spiro atoms. The number of carbonyl (C=O) groups excluding carboxylic acids is 1. The van der Waals surface area contributed by atoms with E-state index in [0.717, 1.165) is 21.6 Å². The highest BCUT2D eigenvalue weighted by atomic mass is 16.5. The van der Waals surface area contributed by atoms with Gasteiger partial charge < -0.3 is 9.53 Å². The van der Waals surface area contributed by atoms with E-state index in [1.165, 1.54) is 0 Å². The zero-order valence-corrected chi connectivity index (χ0v) is 7.36. The summed E-state index contributed by atoms with van der Waals surface area (Å²) in [7, 11) is 1.61. The first-order valence-corrected chi connectivity index (χ1v) is 4.41. The zero-order chi connectivity index (χ0) is 9.54. The Balaban J connectivity index is 2.38. The fraction of sp³-hybridized carbons (Fsp3) is 0. The lowest BCUT2D eigenvalue weighted by Crippen LogP contribution is -2.33. The van der Waals surface area contributed by atoms with Crippen LogP contribution >= 0.6 is 0 Å². The first-order valence-electron chi connectivity index (χ1n) is 4.41. The van der Waals surface area contributed by atoms with Gasteiger partial charge in [0.15, 0.2) is 0 Å². The van der Waals surface area contributed by atoms with Crippen molar-refractivity contribution in [1.82, 2.24) is 0 Å². The topological polar surface area (TPSA) is 26.3 Å². The van der Waals surface area contributed by atoms with Gasteiger partial charge in [-0.3, -0.25) is 0 Å². The summed E-state index contributed by atoms with van der Waals surface area (Å²) in [6.45, 7) is 0. The molecule has 1 aromatic carbocycles. The Hall–Kier alpha value is -1.77. The van der Waals surface area contributed by atoms with Crippen LogP contribution in [0.5, 0.6) is 5.75 Å². The van der Waals surface area contributed by atoms with E-state index in [-0.39, 0.29) is 5.68 Å². The maximum absolute atomic E-state index is 11.2. The van der Waals surface area contributed by atoms with Crippen molar-refractivity contribution in [2.45, 2.75) is 0 Å². The van der Waals surface area contributed by atoms with Crippen LogP contribution in [0.15, 0.2) is 24.5 Å². The highest BCUT2D eigenvalue weighted by Crippen LogP contribution is 2.03. The van der Waals surface area contributed by atoms with E-state index in [9.17, 15) is 4.79 Å². The first kappa shape index (κ1) is 7.62. The van der Waals surface area contributed by atoms with Crippen LogP contribution in [0.4, 0.5) is 0 Å². The van der Waals surface area contributed by atoms with Crippen LogP contribution < -0.4 is 20.6 Å². The highest BCUT2D eigenvalue weighted by Gasteiger charge is 2.18. The monoisotopic (exact) mass is 181 g/mol. The van der Waals surface area contributed by atoms with Crippen LogP contribution in [0.3, 0.4) is 0 Å². The summed E-state index contributed by atoms with van der Waals surface area (Å²) in [4.78, 5) is 11.2. The SMILES string of the molecule is O=C1[B]c2c3c(ccc2=C1)=CC=CO3. The van der Waals surface area contributed by atoms with Crippen LogP contribution in [0, 0.1) is 0 Å². The van der Waals surface area contributed by atoms with E-state index in [0.29, 0.717) is 0 Å². The molecule has 0 saturated carbocycles. The summed E-state index contributed by atoms with van der Waals surface area (Å²) in [6.07, 6.45) is 7.06. The van der Waals surface area contributed by atoms with Crippen LogP contribution in [0.25, 0.3) is 12.2 Å². The minimum atomic E-state index is 0.0338. The molecule has 0 aromatic heterocycles. The largest absolute Gasteiger partial charge is 0.465 e. The van der Waals surface area contributed by atoms with Gasteiger partial charge in [-0.1, -0.05) is 12.1 Å². The number of hydrogen-bond donors (Lipinski definition) is 0. The predicted octanol–water partition coefficient (Wildman–Crippen LogP) is -0.977. The molecular formula is C11H6BO2. The maximum atomic E-state index is 11.2. The van der Waals surface area contributed by atoms with Gasteiger partial charge in [0.25, 0.3) is 7.28 Å². The molecule has 2 aliphatic rings. The molecule has 2 aliphatic heterocycles. The molecular weight excluding hydrogens is 175 g/mol. The summed E-state index contributed by atoms with van der Waals surface area (Å²) >= 11 is 0. The fourth-order valence-electron chi connectivity index (χ4n) is 1.76. The molecule has 2 nitrogen and oxygen atoms in total. The molecule has 0 aliphatic carbocycles.